The molecule has 0 saturated carbocycles. The summed E-state index contributed by atoms with van der Waals surface area (Å²) in [7, 11) is 0. The van der Waals surface area contributed by atoms with E-state index < -0.39 is 5.60 Å². The molecular formula is C27H41NO2. The van der Waals surface area contributed by atoms with Crippen molar-refractivity contribution in [3.05, 3.63) is 40.5 Å². The van der Waals surface area contributed by atoms with E-state index in [1.807, 2.05) is 25.7 Å². The summed E-state index contributed by atoms with van der Waals surface area (Å²) in [6, 6.07) is 5.26. The number of ether oxygens (including phenoxy) is 1. The molecule has 0 aliphatic carbocycles. The molecule has 1 aromatic rings. The lowest BCUT2D eigenvalue weighted by Crippen LogP contribution is -2.45. The van der Waals surface area contributed by atoms with Crippen molar-refractivity contribution in [1.29, 1.82) is 0 Å². The molecule has 1 aromatic carbocycles. The maximum atomic E-state index is 12.9. The quantitative estimate of drug-likeness (QED) is 0.510. The van der Waals surface area contributed by atoms with Crippen molar-refractivity contribution in [3.8, 4) is 0 Å². The molecule has 2 unspecified atom stereocenters. The van der Waals surface area contributed by atoms with Gasteiger partial charge in [-0.15, -0.1) is 0 Å². The minimum Gasteiger partial charge on any atom is -0.444 e. The molecule has 1 saturated heterocycles. The van der Waals surface area contributed by atoms with Crippen molar-refractivity contribution >= 4 is 11.7 Å². The van der Waals surface area contributed by atoms with E-state index in [4.69, 9.17) is 4.74 Å². The van der Waals surface area contributed by atoms with E-state index >= 15 is 0 Å². The highest BCUT2D eigenvalue weighted by atomic mass is 16.6. The van der Waals surface area contributed by atoms with Crippen LogP contribution >= 0.6 is 0 Å². The first kappa shape index (κ1) is 22.9. The van der Waals surface area contributed by atoms with Gasteiger partial charge >= 0.3 is 6.09 Å². The summed E-state index contributed by atoms with van der Waals surface area (Å²) >= 11 is 0. The summed E-state index contributed by atoms with van der Waals surface area (Å²) in [6.07, 6.45) is 5.23. The highest BCUT2D eigenvalue weighted by Gasteiger charge is 2.42. The number of amides is 1. The summed E-state index contributed by atoms with van der Waals surface area (Å²) in [6.45, 7) is 19.6. The van der Waals surface area contributed by atoms with Crippen molar-refractivity contribution in [2.75, 3.05) is 0 Å². The van der Waals surface area contributed by atoms with Crippen LogP contribution in [-0.4, -0.2) is 28.7 Å². The molecule has 3 nitrogen and oxygen atoms in total. The van der Waals surface area contributed by atoms with Crippen LogP contribution in [0.5, 0.6) is 0 Å². The maximum Gasteiger partial charge on any atom is 0.411 e. The number of carbonyl (C=O) groups is 1. The van der Waals surface area contributed by atoms with Gasteiger partial charge in [0.25, 0.3) is 0 Å². The van der Waals surface area contributed by atoms with Crippen LogP contribution in [0.2, 0.25) is 0 Å². The molecule has 0 N–H and O–H groups in total. The van der Waals surface area contributed by atoms with Gasteiger partial charge in [0.2, 0.25) is 0 Å². The van der Waals surface area contributed by atoms with E-state index in [1.54, 1.807) is 0 Å². The minimum absolute atomic E-state index is 0.151. The van der Waals surface area contributed by atoms with Crippen LogP contribution in [0, 0.1) is 0 Å². The van der Waals surface area contributed by atoms with E-state index in [1.165, 1.54) is 27.8 Å². The number of benzene rings is 1. The normalized spacial score (nSPS) is 21.6. The maximum absolute atomic E-state index is 12.9. The van der Waals surface area contributed by atoms with E-state index in [-0.39, 0.29) is 18.2 Å². The third kappa shape index (κ3) is 4.60. The largest absolute Gasteiger partial charge is 0.444 e. The number of hydrogen-bond donors (Lipinski definition) is 0. The third-order valence-electron chi connectivity index (χ3n) is 6.45. The fourth-order valence-electron chi connectivity index (χ4n) is 4.94. The lowest BCUT2D eigenvalue weighted by atomic mass is 9.79. The van der Waals surface area contributed by atoms with Crippen LogP contribution in [0.25, 0.3) is 5.57 Å². The Morgan fingerprint density at radius 2 is 1.53 bits per heavy atom. The van der Waals surface area contributed by atoms with Gasteiger partial charge < -0.3 is 4.74 Å². The molecule has 2 aliphatic heterocycles. The number of fused-ring (bicyclic) bond motifs is 2. The second-order valence-electron chi connectivity index (χ2n) is 11.1. The van der Waals surface area contributed by atoms with Crippen LogP contribution in [0.1, 0.15) is 122 Å². The van der Waals surface area contributed by atoms with Crippen LogP contribution in [0.4, 0.5) is 4.79 Å². The summed E-state index contributed by atoms with van der Waals surface area (Å²) in [5.41, 5.74) is 6.78. The summed E-state index contributed by atoms with van der Waals surface area (Å²) in [5, 5.41) is 0. The van der Waals surface area contributed by atoms with Crippen LogP contribution in [-0.2, 0) is 4.74 Å². The Kier molecular flexibility index (Phi) is 6.41. The van der Waals surface area contributed by atoms with E-state index in [2.05, 4.69) is 59.8 Å². The highest BCUT2D eigenvalue weighted by Crippen LogP contribution is 2.44. The second-order valence-corrected chi connectivity index (χ2v) is 11.1. The zero-order valence-electron chi connectivity index (χ0n) is 20.5. The summed E-state index contributed by atoms with van der Waals surface area (Å²) in [5.74, 6) is 1.46. The van der Waals surface area contributed by atoms with Gasteiger partial charge in [-0.2, -0.15) is 0 Å². The topological polar surface area (TPSA) is 29.5 Å². The molecule has 0 spiro atoms. The van der Waals surface area contributed by atoms with Crippen molar-refractivity contribution in [2.45, 2.75) is 117 Å². The lowest BCUT2D eigenvalue weighted by Gasteiger charge is -2.36. The fraction of sp³-hybridized carbons (Fsp3) is 0.667. The van der Waals surface area contributed by atoms with Crippen LogP contribution in [0.3, 0.4) is 0 Å². The van der Waals surface area contributed by atoms with Gasteiger partial charge in [0.15, 0.2) is 0 Å². The molecule has 166 valence electrons. The molecule has 3 rings (SSSR count). The van der Waals surface area contributed by atoms with E-state index in [0.29, 0.717) is 17.8 Å². The Hall–Kier alpha value is -1.77. The minimum atomic E-state index is -0.456. The molecule has 3 heteroatoms. The van der Waals surface area contributed by atoms with Crippen molar-refractivity contribution in [1.82, 2.24) is 4.90 Å². The summed E-state index contributed by atoms with van der Waals surface area (Å²) < 4.78 is 5.72. The Morgan fingerprint density at radius 1 is 0.967 bits per heavy atom. The first-order valence-corrected chi connectivity index (χ1v) is 11.8. The SMILES string of the molecule is CC(C)c1cc(C(C)C)c(C2=CC3CCC(C2)N3C(=O)OC(C)(C)C)c(C(C)C)c1. The van der Waals surface area contributed by atoms with Gasteiger partial charge in [-0.05, 0) is 85.6 Å². The molecule has 2 atom stereocenters. The molecule has 30 heavy (non-hydrogen) atoms. The number of hydrogen-bond acceptors (Lipinski definition) is 2. The lowest BCUT2D eigenvalue weighted by molar-refractivity contribution is 0.0175. The van der Waals surface area contributed by atoms with Gasteiger partial charge in [-0.25, -0.2) is 4.79 Å². The molecule has 0 aromatic heterocycles. The zero-order valence-corrected chi connectivity index (χ0v) is 20.5. The first-order valence-electron chi connectivity index (χ1n) is 11.8. The Labute approximate surface area is 183 Å². The Balaban J connectivity index is 2.05. The molecular weight excluding hydrogens is 370 g/mol. The highest BCUT2D eigenvalue weighted by molar-refractivity contribution is 5.78. The number of rotatable bonds is 4. The Bertz CT molecular complexity index is 797. The molecule has 1 amide bonds. The predicted molar refractivity (Wildman–Crippen MR) is 126 cm³/mol. The van der Waals surface area contributed by atoms with Gasteiger partial charge in [0.1, 0.15) is 5.60 Å². The van der Waals surface area contributed by atoms with Gasteiger partial charge in [-0.1, -0.05) is 59.8 Å². The monoisotopic (exact) mass is 411 g/mol. The molecule has 2 aliphatic rings. The van der Waals surface area contributed by atoms with Crippen LogP contribution in [0.15, 0.2) is 18.2 Å². The van der Waals surface area contributed by atoms with Gasteiger partial charge in [0.05, 0.1) is 6.04 Å². The second kappa shape index (κ2) is 8.40. The molecule has 2 bridgehead atoms. The summed E-state index contributed by atoms with van der Waals surface area (Å²) in [4.78, 5) is 14.9. The predicted octanol–water partition coefficient (Wildman–Crippen LogP) is 7.61. The van der Waals surface area contributed by atoms with Crippen molar-refractivity contribution in [3.63, 3.8) is 0 Å². The third-order valence-corrected chi connectivity index (χ3v) is 6.45. The zero-order chi connectivity index (χ0) is 22.4. The average Bonchev–Trinajstić information content (AvgIpc) is 2.89. The first-order chi connectivity index (χ1) is 13.9. The van der Waals surface area contributed by atoms with Gasteiger partial charge in [0, 0.05) is 6.04 Å². The molecule has 0 radical (unpaired) electrons. The van der Waals surface area contributed by atoms with Crippen molar-refractivity contribution in [2.24, 2.45) is 0 Å². The smallest absolute Gasteiger partial charge is 0.411 e. The van der Waals surface area contributed by atoms with Gasteiger partial charge in [-0.3, -0.25) is 4.90 Å². The number of nitrogens with zero attached hydrogens (tertiary/aromatic N) is 1. The Morgan fingerprint density at radius 3 is 1.97 bits per heavy atom. The van der Waals surface area contributed by atoms with E-state index in [9.17, 15) is 4.79 Å². The standard InChI is InChI=1S/C27H41NO2/c1-16(2)19-14-23(17(3)4)25(24(15-19)18(5)6)20-12-21-10-11-22(13-20)28(21)26(29)30-27(7,8)9/h12,14-18,21-22H,10-11,13H2,1-9H3. The average molecular weight is 412 g/mol. The fourth-order valence-corrected chi connectivity index (χ4v) is 4.94. The van der Waals surface area contributed by atoms with Crippen molar-refractivity contribution < 1.29 is 9.53 Å². The van der Waals surface area contributed by atoms with E-state index in [0.717, 1.165) is 19.3 Å². The molecule has 2 heterocycles. The van der Waals surface area contributed by atoms with Crippen LogP contribution < -0.4 is 0 Å². The number of carbonyl (C=O) groups excluding carboxylic acids is 1. The molecule has 1 fully saturated rings.